The van der Waals surface area contributed by atoms with Gasteiger partial charge in [0.15, 0.2) is 0 Å². The molecule has 0 aromatic rings. The molecule has 1 unspecified atom stereocenters. The van der Waals surface area contributed by atoms with E-state index in [9.17, 15) is 0 Å². The van der Waals surface area contributed by atoms with E-state index in [1.807, 2.05) is 0 Å². The van der Waals surface area contributed by atoms with Crippen molar-refractivity contribution in [1.29, 1.82) is 0 Å². The molecular weight excluding hydrogens is 230 g/mol. The van der Waals surface area contributed by atoms with Gasteiger partial charge < -0.3 is 10.1 Å². The Morgan fingerprint density at radius 3 is 2.76 bits per heavy atom. The van der Waals surface area contributed by atoms with Crippen molar-refractivity contribution < 1.29 is 4.74 Å². The second kappa shape index (κ2) is 6.44. The molecular formula is C14H27NOS. The summed E-state index contributed by atoms with van der Waals surface area (Å²) in [7, 11) is 0. The fourth-order valence-electron chi connectivity index (χ4n) is 2.94. The lowest BCUT2D eigenvalue weighted by Crippen LogP contribution is -2.41. The summed E-state index contributed by atoms with van der Waals surface area (Å²) in [6.45, 7) is 6.68. The Bertz CT molecular complexity index is 226. The summed E-state index contributed by atoms with van der Waals surface area (Å²) in [5.74, 6) is 2.58. The molecule has 1 atom stereocenters. The molecule has 17 heavy (non-hydrogen) atoms. The third-order valence-electron chi connectivity index (χ3n) is 3.80. The predicted molar refractivity (Wildman–Crippen MR) is 75.7 cm³/mol. The van der Waals surface area contributed by atoms with Crippen molar-refractivity contribution in [2.75, 3.05) is 24.7 Å². The minimum atomic E-state index is 0.507. The van der Waals surface area contributed by atoms with Crippen molar-refractivity contribution in [3.05, 3.63) is 0 Å². The average molecular weight is 257 g/mol. The van der Waals surface area contributed by atoms with E-state index in [4.69, 9.17) is 4.74 Å². The summed E-state index contributed by atoms with van der Waals surface area (Å²) in [5.41, 5.74) is 0.507. The number of ether oxygens (including phenoxy) is 1. The van der Waals surface area contributed by atoms with Gasteiger partial charge in [-0.15, -0.1) is 0 Å². The van der Waals surface area contributed by atoms with Crippen LogP contribution in [-0.2, 0) is 4.74 Å². The third-order valence-corrected chi connectivity index (χ3v) is 5.43. The van der Waals surface area contributed by atoms with Crippen LogP contribution < -0.4 is 5.32 Å². The summed E-state index contributed by atoms with van der Waals surface area (Å²) >= 11 is 2.09. The van der Waals surface area contributed by atoms with Crippen LogP contribution in [0.1, 0.15) is 46.0 Å². The van der Waals surface area contributed by atoms with Gasteiger partial charge in [-0.2, -0.15) is 11.8 Å². The zero-order valence-corrected chi connectivity index (χ0v) is 12.2. The van der Waals surface area contributed by atoms with Gasteiger partial charge in [-0.05, 0) is 30.4 Å². The van der Waals surface area contributed by atoms with E-state index in [0.29, 0.717) is 17.6 Å². The van der Waals surface area contributed by atoms with Crippen LogP contribution in [-0.4, -0.2) is 36.8 Å². The Hall–Kier alpha value is 0.270. The standard InChI is InChI=1S/C14H27NOS/c1-14(2)9-12(10-17-11-14)15-7-8-16-13-5-3-4-6-13/h12-13,15H,3-11H2,1-2H3. The fraction of sp³-hybridized carbons (Fsp3) is 1.00. The number of hydrogen-bond donors (Lipinski definition) is 1. The number of nitrogens with one attached hydrogen (secondary N) is 1. The molecule has 2 aliphatic rings. The Morgan fingerprint density at radius 2 is 2.06 bits per heavy atom. The molecule has 0 aromatic carbocycles. The molecule has 0 aromatic heterocycles. The monoisotopic (exact) mass is 257 g/mol. The number of thioether (sulfide) groups is 1. The van der Waals surface area contributed by atoms with Crippen LogP contribution >= 0.6 is 11.8 Å². The highest BCUT2D eigenvalue weighted by molar-refractivity contribution is 7.99. The topological polar surface area (TPSA) is 21.3 Å². The largest absolute Gasteiger partial charge is 0.377 e. The summed E-state index contributed by atoms with van der Waals surface area (Å²) < 4.78 is 5.88. The minimum absolute atomic E-state index is 0.507. The molecule has 1 N–H and O–H groups in total. The lowest BCUT2D eigenvalue weighted by Gasteiger charge is -2.35. The molecule has 0 spiro atoms. The normalized spacial score (nSPS) is 29.6. The van der Waals surface area contributed by atoms with Crippen LogP contribution in [0.15, 0.2) is 0 Å². The van der Waals surface area contributed by atoms with Crippen molar-refractivity contribution in [3.8, 4) is 0 Å². The molecule has 2 nitrogen and oxygen atoms in total. The molecule has 100 valence electrons. The highest BCUT2D eigenvalue weighted by Crippen LogP contribution is 2.33. The second-order valence-corrected chi connectivity index (χ2v) is 7.34. The first-order valence-corrected chi connectivity index (χ1v) is 8.24. The molecule has 0 bridgehead atoms. The molecule has 3 heteroatoms. The van der Waals surface area contributed by atoms with E-state index in [-0.39, 0.29) is 0 Å². The lowest BCUT2D eigenvalue weighted by molar-refractivity contribution is 0.0587. The van der Waals surface area contributed by atoms with Crippen LogP contribution in [0.3, 0.4) is 0 Å². The van der Waals surface area contributed by atoms with Crippen LogP contribution in [0.2, 0.25) is 0 Å². The molecule has 0 amide bonds. The van der Waals surface area contributed by atoms with Gasteiger partial charge in [0, 0.05) is 18.3 Å². The van der Waals surface area contributed by atoms with Crippen molar-refractivity contribution in [1.82, 2.24) is 5.32 Å². The fourth-order valence-corrected chi connectivity index (χ4v) is 4.25. The average Bonchev–Trinajstić information content (AvgIpc) is 2.76. The summed E-state index contributed by atoms with van der Waals surface area (Å²) in [6.07, 6.45) is 7.17. The minimum Gasteiger partial charge on any atom is -0.377 e. The first-order valence-electron chi connectivity index (χ1n) is 7.08. The smallest absolute Gasteiger partial charge is 0.0594 e. The maximum atomic E-state index is 5.88. The molecule has 1 saturated carbocycles. The van der Waals surface area contributed by atoms with E-state index in [1.54, 1.807) is 0 Å². The molecule has 1 aliphatic carbocycles. The van der Waals surface area contributed by atoms with Crippen LogP contribution in [0.5, 0.6) is 0 Å². The quantitative estimate of drug-likeness (QED) is 0.765. The summed E-state index contributed by atoms with van der Waals surface area (Å²) in [4.78, 5) is 0. The zero-order chi connectivity index (χ0) is 12.1. The van der Waals surface area contributed by atoms with E-state index >= 15 is 0 Å². The molecule has 2 fully saturated rings. The maximum absolute atomic E-state index is 5.88. The van der Waals surface area contributed by atoms with Gasteiger partial charge >= 0.3 is 0 Å². The second-order valence-electron chi connectivity index (χ2n) is 6.31. The Kier molecular flexibility index (Phi) is 5.19. The van der Waals surface area contributed by atoms with Crippen molar-refractivity contribution in [2.45, 2.75) is 58.1 Å². The first kappa shape index (κ1) is 13.7. The lowest BCUT2D eigenvalue weighted by atomic mass is 9.88. The molecule has 1 aliphatic heterocycles. The van der Waals surface area contributed by atoms with Crippen molar-refractivity contribution >= 4 is 11.8 Å². The van der Waals surface area contributed by atoms with Crippen LogP contribution in [0.25, 0.3) is 0 Å². The first-order chi connectivity index (χ1) is 8.16. The SMILES string of the molecule is CC1(C)CSCC(NCCOC2CCCC2)C1. The highest BCUT2D eigenvalue weighted by Gasteiger charge is 2.27. The van der Waals surface area contributed by atoms with Gasteiger partial charge in [-0.25, -0.2) is 0 Å². The van der Waals surface area contributed by atoms with Gasteiger partial charge in [0.25, 0.3) is 0 Å². The van der Waals surface area contributed by atoms with Crippen LogP contribution in [0.4, 0.5) is 0 Å². The maximum Gasteiger partial charge on any atom is 0.0594 e. The van der Waals surface area contributed by atoms with E-state index < -0.39 is 0 Å². The molecule has 2 rings (SSSR count). The highest BCUT2D eigenvalue weighted by atomic mass is 32.2. The molecule has 1 saturated heterocycles. The Morgan fingerprint density at radius 1 is 1.29 bits per heavy atom. The summed E-state index contributed by atoms with van der Waals surface area (Å²) in [6, 6.07) is 0.691. The van der Waals surface area contributed by atoms with Gasteiger partial charge in [0.1, 0.15) is 0 Å². The van der Waals surface area contributed by atoms with Gasteiger partial charge in [-0.1, -0.05) is 26.7 Å². The van der Waals surface area contributed by atoms with Gasteiger partial charge in [0.2, 0.25) is 0 Å². The zero-order valence-electron chi connectivity index (χ0n) is 11.3. The van der Waals surface area contributed by atoms with Gasteiger partial charge in [0.05, 0.1) is 12.7 Å². The molecule has 1 heterocycles. The number of hydrogen-bond acceptors (Lipinski definition) is 3. The van der Waals surface area contributed by atoms with Crippen LogP contribution in [0, 0.1) is 5.41 Å². The van der Waals surface area contributed by atoms with Gasteiger partial charge in [-0.3, -0.25) is 0 Å². The van der Waals surface area contributed by atoms with Crippen molar-refractivity contribution in [3.63, 3.8) is 0 Å². The Balaban J connectivity index is 1.55. The summed E-state index contributed by atoms with van der Waals surface area (Å²) in [5, 5.41) is 3.66. The molecule has 0 radical (unpaired) electrons. The van der Waals surface area contributed by atoms with Crippen molar-refractivity contribution in [2.24, 2.45) is 5.41 Å². The number of rotatable bonds is 5. The van der Waals surface area contributed by atoms with E-state index in [0.717, 1.165) is 13.2 Å². The Labute approximate surface area is 110 Å². The van der Waals surface area contributed by atoms with E-state index in [1.165, 1.54) is 43.6 Å². The predicted octanol–water partition coefficient (Wildman–Crippen LogP) is 3.07. The third kappa shape index (κ3) is 4.80. The van der Waals surface area contributed by atoms with E-state index in [2.05, 4.69) is 30.9 Å².